The first-order chi connectivity index (χ1) is 41.0. The van der Waals surface area contributed by atoms with Gasteiger partial charge in [-0.15, -0.1) is 0 Å². The highest BCUT2D eigenvalue weighted by molar-refractivity contribution is 7.45. The van der Waals surface area contributed by atoms with Crippen LogP contribution < -0.4 is 4.89 Å². The van der Waals surface area contributed by atoms with Crippen molar-refractivity contribution in [1.29, 1.82) is 0 Å². The van der Waals surface area contributed by atoms with Crippen LogP contribution in [0.4, 0.5) is 0 Å². The molecule has 2 unspecified atom stereocenters. The van der Waals surface area contributed by atoms with Crippen molar-refractivity contribution in [3.63, 3.8) is 0 Å². The molecule has 0 radical (unpaired) electrons. The fourth-order valence-electron chi connectivity index (χ4n) is 9.56. The minimum atomic E-state index is -4.65. The lowest BCUT2D eigenvalue weighted by atomic mass is 10.0. The first-order valence-corrected chi connectivity index (χ1v) is 36.1. The van der Waals surface area contributed by atoms with Gasteiger partial charge >= 0.3 is 11.9 Å². The SMILES string of the molecule is CC/C=C\C/C=C\C/C=C\C/C=C\C/C=C\CCCCCCCCCC(=O)OC(COC(=O)CCCCCCCCCCCCCCCCCCCCCCCCCC/C=C\C/C=C\C/C=C\C/C=C\CC)COP(=O)([O-])OCC[N+](C)(C)C. The average Bonchev–Trinajstić information content (AvgIpc) is 3.61. The third kappa shape index (κ3) is 67.8. The maximum Gasteiger partial charge on any atom is 0.306 e. The van der Waals surface area contributed by atoms with Crippen LogP contribution in [0.15, 0.2) is 109 Å². The van der Waals surface area contributed by atoms with E-state index in [0.29, 0.717) is 17.4 Å². The monoisotopic (exact) mass is 1190 g/mol. The highest BCUT2D eigenvalue weighted by Gasteiger charge is 2.22. The zero-order valence-electron chi connectivity index (χ0n) is 55.1. The van der Waals surface area contributed by atoms with Gasteiger partial charge in [0.1, 0.15) is 19.8 Å². The first-order valence-electron chi connectivity index (χ1n) is 34.6. The van der Waals surface area contributed by atoms with E-state index >= 15 is 0 Å². The number of hydrogen-bond acceptors (Lipinski definition) is 8. The van der Waals surface area contributed by atoms with Gasteiger partial charge in [-0.25, -0.2) is 0 Å². The quantitative estimate of drug-likeness (QED) is 0.0195. The summed E-state index contributed by atoms with van der Waals surface area (Å²) in [6.45, 7) is 4.02. The van der Waals surface area contributed by atoms with Crippen molar-refractivity contribution in [2.45, 2.75) is 302 Å². The lowest BCUT2D eigenvalue weighted by molar-refractivity contribution is -0.870. The van der Waals surface area contributed by atoms with E-state index in [0.717, 1.165) is 103 Å². The summed E-state index contributed by atoms with van der Waals surface area (Å²) in [5.41, 5.74) is 0. The largest absolute Gasteiger partial charge is 0.756 e. The third-order valence-corrected chi connectivity index (χ3v) is 15.8. The van der Waals surface area contributed by atoms with Gasteiger partial charge in [0.15, 0.2) is 6.10 Å². The van der Waals surface area contributed by atoms with Gasteiger partial charge in [-0.1, -0.05) is 297 Å². The van der Waals surface area contributed by atoms with Gasteiger partial charge in [0, 0.05) is 12.8 Å². The molecule has 0 rings (SSSR count). The van der Waals surface area contributed by atoms with Crippen LogP contribution >= 0.6 is 7.82 Å². The van der Waals surface area contributed by atoms with E-state index in [4.69, 9.17) is 18.5 Å². The van der Waals surface area contributed by atoms with Crippen molar-refractivity contribution in [2.24, 2.45) is 0 Å². The van der Waals surface area contributed by atoms with Crippen LogP contribution in [0.5, 0.6) is 0 Å². The Balaban J connectivity index is 3.99. The van der Waals surface area contributed by atoms with Gasteiger partial charge in [0.05, 0.1) is 27.7 Å². The van der Waals surface area contributed by atoms with E-state index in [1.807, 2.05) is 21.1 Å². The number of nitrogens with zero attached hydrogens (tertiary/aromatic N) is 1. The third-order valence-electron chi connectivity index (χ3n) is 14.8. The van der Waals surface area contributed by atoms with Gasteiger partial charge in [0.25, 0.3) is 7.82 Å². The van der Waals surface area contributed by atoms with Crippen LogP contribution in [0.1, 0.15) is 296 Å². The second-order valence-corrected chi connectivity index (χ2v) is 25.5. The summed E-state index contributed by atoms with van der Waals surface area (Å²) in [5.74, 6) is -0.840. The number of ether oxygens (including phenoxy) is 2. The zero-order chi connectivity index (χ0) is 61.2. The minimum Gasteiger partial charge on any atom is -0.756 e. The molecule has 84 heavy (non-hydrogen) atoms. The van der Waals surface area contributed by atoms with Crippen LogP contribution in [0.3, 0.4) is 0 Å². The van der Waals surface area contributed by atoms with Gasteiger partial charge in [0.2, 0.25) is 0 Å². The van der Waals surface area contributed by atoms with Crippen LogP contribution in [0.2, 0.25) is 0 Å². The molecule has 0 aliphatic carbocycles. The van der Waals surface area contributed by atoms with E-state index in [2.05, 4.69) is 123 Å². The second kappa shape index (κ2) is 64.2. The van der Waals surface area contributed by atoms with E-state index in [9.17, 15) is 19.0 Å². The number of phosphoric acid groups is 1. The molecule has 0 aliphatic heterocycles. The van der Waals surface area contributed by atoms with Crippen molar-refractivity contribution in [1.82, 2.24) is 0 Å². The number of carbonyl (C=O) groups is 2. The molecule has 9 nitrogen and oxygen atoms in total. The predicted octanol–water partition coefficient (Wildman–Crippen LogP) is 21.9. The summed E-state index contributed by atoms with van der Waals surface area (Å²) in [4.78, 5) is 38.0. The van der Waals surface area contributed by atoms with E-state index < -0.39 is 26.5 Å². The molecular formula is C74H130NO8P. The molecule has 2 atom stereocenters. The molecule has 0 amide bonds. The van der Waals surface area contributed by atoms with Crippen molar-refractivity contribution < 1.29 is 42.1 Å². The Labute approximate surface area is 518 Å². The average molecular weight is 1190 g/mol. The fourth-order valence-corrected chi connectivity index (χ4v) is 10.3. The summed E-state index contributed by atoms with van der Waals surface area (Å²) >= 11 is 0. The van der Waals surface area contributed by atoms with Crippen molar-refractivity contribution in [2.75, 3.05) is 47.5 Å². The number of rotatable bonds is 63. The molecule has 0 saturated carbocycles. The van der Waals surface area contributed by atoms with E-state index in [1.165, 1.54) is 161 Å². The zero-order valence-corrected chi connectivity index (χ0v) is 56.0. The van der Waals surface area contributed by atoms with Crippen LogP contribution in [0.25, 0.3) is 0 Å². The number of quaternary nitrogens is 1. The Bertz CT molecular complexity index is 1790. The number of esters is 2. The van der Waals surface area contributed by atoms with Crippen molar-refractivity contribution in [3.05, 3.63) is 109 Å². The number of allylic oxidation sites excluding steroid dienone is 18. The molecule has 0 spiro atoms. The van der Waals surface area contributed by atoms with Gasteiger partial charge in [-0.05, 0) is 96.3 Å². The Morgan fingerprint density at radius 3 is 0.952 bits per heavy atom. The molecule has 0 saturated heterocycles. The second-order valence-electron chi connectivity index (χ2n) is 24.1. The smallest absolute Gasteiger partial charge is 0.306 e. The summed E-state index contributed by atoms with van der Waals surface area (Å²) in [5, 5.41) is 0. The molecule has 0 N–H and O–H groups in total. The molecule has 0 bridgehead atoms. The fraction of sp³-hybridized carbons (Fsp3) is 0.730. The predicted molar refractivity (Wildman–Crippen MR) is 360 cm³/mol. The van der Waals surface area contributed by atoms with E-state index in [1.54, 1.807) is 0 Å². The standard InChI is InChI=1S/C74H130NO8P/c1-6-8-10-12-14-16-18-20-22-24-26-28-30-31-32-33-34-35-36-37-38-39-40-41-42-43-45-46-48-50-52-54-56-58-60-62-64-66-73(76)80-70-72(71-82-84(78,79)81-69-68-75(3,4)5)83-74(77)67-65-63-61-59-57-55-53-51-49-47-44-29-27-25-23-21-19-17-15-13-11-9-7-2/h8-11,14-17,20-23,26-29,47,49,72H,6-7,12-13,18-19,24-25,30-46,48,50-71H2,1-5H3/b10-8-,11-9-,16-14-,17-15-,22-20-,23-21-,28-26-,29-27-,49-47-. The summed E-state index contributed by atoms with van der Waals surface area (Å²) < 4.78 is 34.3. The Morgan fingerprint density at radius 2 is 0.643 bits per heavy atom. The van der Waals surface area contributed by atoms with Crippen LogP contribution in [-0.4, -0.2) is 70.0 Å². The molecule has 0 aromatic rings. The Kier molecular flexibility index (Phi) is 61.6. The van der Waals surface area contributed by atoms with Gasteiger partial charge in [-0.2, -0.15) is 0 Å². The number of carbonyl (C=O) groups excluding carboxylic acids is 2. The maximum absolute atomic E-state index is 12.8. The maximum atomic E-state index is 12.8. The van der Waals surface area contributed by atoms with E-state index in [-0.39, 0.29) is 32.0 Å². The van der Waals surface area contributed by atoms with Crippen LogP contribution in [-0.2, 0) is 32.7 Å². The number of hydrogen-bond donors (Lipinski definition) is 0. The minimum absolute atomic E-state index is 0.0364. The number of likely N-dealkylation sites (N-methyl/N-ethyl adjacent to an activating group) is 1. The topological polar surface area (TPSA) is 111 Å². The van der Waals surface area contributed by atoms with Crippen molar-refractivity contribution in [3.8, 4) is 0 Å². The Hall–Kier alpha value is -3.33. The summed E-state index contributed by atoms with van der Waals surface area (Å²) in [7, 11) is 1.16. The summed E-state index contributed by atoms with van der Waals surface area (Å²) in [6, 6.07) is 0. The van der Waals surface area contributed by atoms with Crippen molar-refractivity contribution >= 4 is 19.8 Å². The molecule has 0 aromatic heterocycles. The molecule has 0 aliphatic rings. The summed E-state index contributed by atoms with van der Waals surface area (Å²) in [6.07, 6.45) is 90.3. The molecule has 10 heteroatoms. The Morgan fingerprint density at radius 1 is 0.369 bits per heavy atom. The molecule has 0 heterocycles. The first kappa shape index (κ1) is 80.7. The normalized spacial score (nSPS) is 13.8. The number of unbranched alkanes of at least 4 members (excludes halogenated alkanes) is 31. The van der Waals surface area contributed by atoms with Crippen LogP contribution in [0, 0.1) is 0 Å². The molecule has 0 fully saturated rings. The highest BCUT2D eigenvalue weighted by atomic mass is 31.2. The lowest BCUT2D eigenvalue weighted by Gasteiger charge is -2.28. The van der Waals surface area contributed by atoms with Gasteiger partial charge in [-0.3, -0.25) is 14.2 Å². The molecule has 484 valence electrons. The number of phosphoric ester groups is 1. The lowest BCUT2D eigenvalue weighted by Crippen LogP contribution is -2.37. The molecular weight excluding hydrogens is 1060 g/mol. The highest BCUT2D eigenvalue weighted by Crippen LogP contribution is 2.38. The molecule has 0 aromatic carbocycles. The van der Waals surface area contributed by atoms with Gasteiger partial charge < -0.3 is 27.9 Å².